The van der Waals surface area contributed by atoms with Crippen molar-refractivity contribution in [2.75, 3.05) is 25.0 Å². The Morgan fingerprint density at radius 2 is 2.33 bits per heavy atom. The van der Waals surface area contributed by atoms with Crippen molar-refractivity contribution in [2.24, 2.45) is 5.10 Å². The highest BCUT2D eigenvalue weighted by Gasteiger charge is 2.25. The number of aromatic nitrogens is 2. The summed E-state index contributed by atoms with van der Waals surface area (Å²) in [5, 5.41) is 8.25. The molecule has 1 aromatic heterocycles. The van der Waals surface area contributed by atoms with Crippen molar-refractivity contribution < 1.29 is 9.59 Å². The van der Waals surface area contributed by atoms with Crippen LogP contribution in [-0.2, 0) is 4.79 Å². The first-order valence-corrected chi connectivity index (χ1v) is 8.46. The smallest absolute Gasteiger partial charge is 0.290 e. The molecule has 3 heterocycles. The van der Waals surface area contributed by atoms with Gasteiger partial charge in [0.1, 0.15) is 0 Å². The number of hydrogen-bond acceptors (Lipinski definition) is 8. The van der Waals surface area contributed by atoms with E-state index in [9.17, 15) is 9.59 Å². The van der Waals surface area contributed by atoms with E-state index in [0.29, 0.717) is 22.6 Å². The van der Waals surface area contributed by atoms with Gasteiger partial charge in [-0.05, 0) is 30.8 Å². The molecule has 2 amide bonds. The SMILES string of the molecule is CCN1N=CCC1CN(C)c1nccc(/C=C2\SC(=O)NC2=O)n1. The molecule has 0 spiro atoms. The summed E-state index contributed by atoms with van der Waals surface area (Å²) in [5.41, 5.74) is 0.592. The Morgan fingerprint density at radius 3 is 3.04 bits per heavy atom. The Kier molecular flexibility index (Phi) is 4.79. The fourth-order valence-electron chi connectivity index (χ4n) is 2.58. The number of nitrogens with one attached hydrogen (secondary N) is 1. The lowest BCUT2D eigenvalue weighted by atomic mass is 10.2. The fourth-order valence-corrected chi connectivity index (χ4v) is 3.24. The Hall–Kier alpha value is -2.42. The molecule has 2 aliphatic heterocycles. The van der Waals surface area contributed by atoms with Gasteiger partial charge >= 0.3 is 0 Å². The zero-order chi connectivity index (χ0) is 17.1. The Morgan fingerprint density at radius 1 is 1.50 bits per heavy atom. The topological polar surface area (TPSA) is 90.8 Å². The maximum absolute atomic E-state index is 11.6. The summed E-state index contributed by atoms with van der Waals surface area (Å²) in [6.45, 7) is 3.69. The van der Waals surface area contributed by atoms with Crippen molar-refractivity contribution in [1.82, 2.24) is 20.3 Å². The van der Waals surface area contributed by atoms with Gasteiger partial charge in [-0.15, -0.1) is 0 Å². The standard InChI is InChI=1S/C15H18N6O2S/c1-3-21-11(5-7-17-21)9-20(2)14-16-6-4-10(18-14)8-12-13(22)19-15(23)24-12/h4,6-8,11H,3,5,9H2,1-2H3,(H,19,22,23)/b12-8-. The quantitative estimate of drug-likeness (QED) is 0.804. The number of hydrogen-bond donors (Lipinski definition) is 1. The molecule has 3 rings (SSSR count). The van der Waals surface area contributed by atoms with Gasteiger partial charge in [0.05, 0.1) is 16.6 Å². The van der Waals surface area contributed by atoms with E-state index >= 15 is 0 Å². The highest BCUT2D eigenvalue weighted by Crippen LogP contribution is 2.25. The number of rotatable bonds is 5. The monoisotopic (exact) mass is 346 g/mol. The maximum atomic E-state index is 11.6. The van der Waals surface area contributed by atoms with Crippen molar-refractivity contribution >= 4 is 41.1 Å². The maximum Gasteiger partial charge on any atom is 0.290 e. The second kappa shape index (κ2) is 7.00. The minimum absolute atomic E-state index is 0.305. The van der Waals surface area contributed by atoms with Crippen LogP contribution in [0.1, 0.15) is 19.0 Å². The molecule has 24 heavy (non-hydrogen) atoms. The van der Waals surface area contributed by atoms with E-state index in [-0.39, 0.29) is 11.1 Å². The minimum Gasteiger partial charge on any atom is -0.342 e. The number of anilines is 1. The summed E-state index contributed by atoms with van der Waals surface area (Å²) in [5.74, 6) is 0.183. The van der Waals surface area contributed by atoms with Gasteiger partial charge in [-0.1, -0.05) is 0 Å². The van der Waals surface area contributed by atoms with Crippen LogP contribution in [-0.4, -0.2) is 58.5 Å². The summed E-state index contributed by atoms with van der Waals surface area (Å²) in [6.07, 6.45) is 6.08. The van der Waals surface area contributed by atoms with Gasteiger partial charge in [-0.2, -0.15) is 5.10 Å². The summed E-state index contributed by atoms with van der Waals surface area (Å²) < 4.78 is 0. The third-order valence-corrected chi connectivity index (χ3v) is 4.58. The number of carbonyl (C=O) groups is 2. The summed E-state index contributed by atoms with van der Waals surface area (Å²) in [7, 11) is 1.93. The summed E-state index contributed by atoms with van der Waals surface area (Å²) in [6, 6.07) is 2.01. The molecule has 9 heteroatoms. The van der Waals surface area contributed by atoms with Gasteiger partial charge in [0.2, 0.25) is 5.95 Å². The van der Waals surface area contributed by atoms with Gasteiger partial charge < -0.3 is 4.90 Å². The predicted octanol–water partition coefficient (Wildman–Crippen LogP) is 1.32. The number of carbonyl (C=O) groups excluding carboxylic acids is 2. The molecule has 0 aliphatic carbocycles. The Balaban J connectivity index is 1.72. The van der Waals surface area contributed by atoms with Crippen LogP contribution in [0.15, 0.2) is 22.3 Å². The lowest BCUT2D eigenvalue weighted by Gasteiger charge is -2.27. The molecule has 1 fully saturated rings. The zero-order valence-electron chi connectivity index (χ0n) is 13.5. The molecular weight excluding hydrogens is 328 g/mol. The van der Waals surface area contributed by atoms with Crippen molar-refractivity contribution in [3.8, 4) is 0 Å². The second-order valence-electron chi connectivity index (χ2n) is 5.46. The van der Waals surface area contributed by atoms with E-state index in [2.05, 4.69) is 27.3 Å². The largest absolute Gasteiger partial charge is 0.342 e. The van der Waals surface area contributed by atoms with Crippen LogP contribution in [0.25, 0.3) is 6.08 Å². The second-order valence-corrected chi connectivity index (χ2v) is 6.47. The van der Waals surface area contributed by atoms with Crippen LogP contribution >= 0.6 is 11.8 Å². The molecule has 1 aromatic rings. The van der Waals surface area contributed by atoms with Gasteiger partial charge in [0.15, 0.2) is 0 Å². The molecule has 1 atom stereocenters. The molecule has 126 valence electrons. The van der Waals surface area contributed by atoms with E-state index in [1.807, 2.05) is 23.2 Å². The van der Waals surface area contributed by atoms with E-state index in [1.54, 1.807) is 18.3 Å². The molecule has 8 nitrogen and oxygen atoms in total. The summed E-state index contributed by atoms with van der Waals surface area (Å²) >= 11 is 0.876. The van der Waals surface area contributed by atoms with Crippen LogP contribution in [0, 0.1) is 0 Å². The molecule has 2 aliphatic rings. The van der Waals surface area contributed by atoms with Crippen molar-refractivity contribution in [1.29, 1.82) is 0 Å². The summed E-state index contributed by atoms with van der Waals surface area (Å²) in [4.78, 5) is 33.9. The normalized spacial score (nSPS) is 21.7. The van der Waals surface area contributed by atoms with Gasteiger partial charge in [-0.3, -0.25) is 19.9 Å². The number of amides is 2. The molecule has 0 saturated carbocycles. The number of nitrogens with zero attached hydrogens (tertiary/aromatic N) is 5. The highest BCUT2D eigenvalue weighted by atomic mass is 32.2. The van der Waals surface area contributed by atoms with Crippen molar-refractivity contribution in [3.05, 3.63) is 22.9 Å². The molecule has 1 N–H and O–H groups in total. The van der Waals surface area contributed by atoms with Crippen molar-refractivity contribution in [2.45, 2.75) is 19.4 Å². The van der Waals surface area contributed by atoms with E-state index in [0.717, 1.165) is 31.3 Å². The van der Waals surface area contributed by atoms with Crippen LogP contribution in [0.5, 0.6) is 0 Å². The van der Waals surface area contributed by atoms with E-state index in [1.165, 1.54) is 0 Å². The van der Waals surface area contributed by atoms with Crippen LogP contribution in [0.2, 0.25) is 0 Å². The average Bonchev–Trinajstić information content (AvgIpc) is 3.13. The first-order chi connectivity index (χ1) is 11.6. The molecule has 1 unspecified atom stereocenters. The number of thioether (sulfide) groups is 1. The number of hydrazone groups is 1. The Bertz CT molecular complexity index is 720. The van der Waals surface area contributed by atoms with E-state index in [4.69, 9.17) is 0 Å². The van der Waals surface area contributed by atoms with E-state index < -0.39 is 0 Å². The Labute approximate surface area is 144 Å². The van der Waals surface area contributed by atoms with Gasteiger partial charge in [-0.25, -0.2) is 9.97 Å². The van der Waals surface area contributed by atoms with Gasteiger partial charge in [0, 0.05) is 39.0 Å². The molecule has 1 saturated heterocycles. The van der Waals surface area contributed by atoms with Crippen LogP contribution in [0.4, 0.5) is 10.7 Å². The molecule has 0 bridgehead atoms. The third-order valence-electron chi connectivity index (χ3n) is 3.76. The molecule has 0 radical (unpaired) electrons. The fraction of sp³-hybridized carbons (Fsp3) is 0.400. The third kappa shape index (κ3) is 3.56. The zero-order valence-corrected chi connectivity index (χ0v) is 14.3. The molecular formula is C15H18N6O2S. The van der Waals surface area contributed by atoms with Crippen LogP contribution < -0.4 is 10.2 Å². The minimum atomic E-state index is -0.389. The lowest BCUT2D eigenvalue weighted by Crippen LogP contribution is -2.38. The first kappa shape index (κ1) is 16.4. The first-order valence-electron chi connectivity index (χ1n) is 7.65. The number of imide groups is 1. The van der Waals surface area contributed by atoms with Crippen LogP contribution in [0.3, 0.4) is 0 Å². The number of likely N-dealkylation sites (N-methyl/N-ethyl adjacent to an activating group) is 2. The average molecular weight is 346 g/mol. The molecule has 0 aromatic carbocycles. The van der Waals surface area contributed by atoms with Gasteiger partial charge in [0.25, 0.3) is 11.1 Å². The highest BCUT2D eigenvalue weighted by molar-refractivity contribution is 8.18. The predicted molar refractivity (Wildman–Crippen MR) is 93.7 cm³/mol. The lowest BCUT2D eigenvalue weighted by molar-refractivity contribution is -0.115. The van der Waals surface area contributed by atoms with Crippen molar-refractivity contribution in [3.63, 3.8) is 0 Å².